The van der Waals surface area contributed by atoms with E-state index in [1.165, 1.54) is 12.1 Å². The molecule has 2 aromatic carbocycles. The number of amides is 2. The van der Waals surface area contributed by atoms with E-state index in [1.807, 2.05) is 0 Å². The molecule has 0 atom stereocenters. The predicted octanol–water partition coefficient (Wildman–Crippen LogP) is 4.65. The molecule has 1 aliphatic heterocycles. The normalized spacial score (nSPS) is 15.7. The number of nitrogens with zero attached hydrogens (tertiary/aromatic N) is 4. The second kappa shape index (κ2) is 10.3. The van der Waals surface area contributed by atoms with Crippen molar-refractivity contribution in [3.63, 3.8) is 0 Å². The smallest absolute Gasteiger partial charge is 0.413 e. The highest BCUT2D eigenvalue weighted by Crippen LogP contribution is 2.32. The van der Waals surface area contributed by atoms with Crippen molar-refractivity contribution >= 4 is 21.6 Å². The van der Waals surface area contributed by atoms with Crippen molar-refractivity contribution in [2.75, 3.05) is 29.5 Å². The summed E-state index contributed by atoms with van der Waals surface area (Å²) >= 11 is 0. The molecule has 0 unspecified atom stereocenters. The SMILES string of the molecule is O=C(N1CCS(=O)(=O)CC1)N(Cc1ccc(-c2nnc(C(F)(F)F)o2)cc1F)c1cccc(OC(F)(F)F)c1. The molecule has 0 bridgehead atoms. The molecule has 210 valence electrons. The zero-order valence-electron chi connectivity index (χ0n) is 19.5. The van der Waals surface area contributed by atoms with Gasteiger partial charge in [-0.05, 0) is 24.3 Å². The Morgan fingerprint density at radius 1 is 1.03 bits per heavy atom. The van der Waals surface area contributed by atoms with Gasteiger partial charge >= 0.3 is 24.5 Å². The van der Waals surface area contributed by atoms with Crippen LogP contribution in [0.25, 0.3) is 11.5 Å². The highest BCUT2D eigenvalue weighted by Gasteiger charge is 2.38. The Labute approximate surface area is 215 Å². The Hall–Kier alpha value is -3.89. The van der Waals surface area contributed by atoms with Gasteiger partial charge in [0.05, 0.1) is 18.1 Å². The zero-order valence-corrected chi connectivity index (χ0v) is 20.3. The first-order valence-corrected chi connectivity index (χ1v) is 12.8. The molecule has 9 nitrogen and oxygen atoms in total. The van der Waals surface area contributed by atoms with E-state index in [-0.39, 0.29) is 41.4 Å². The van der Waals surface area contributed by atoms with Crippen molar-refractivity contribution < 1.29 is 53.1 Å². The van der Waals surface area contributed by atoms with Crippen molar-refractivity contribution in [3.05, 3.63) is 59.7 Å². The van der Waals surface area contributed by atoms with Gasteiger partial charge in [0.15, 0.2) is 9.84 Å². The van der Waals surface area contributed by atoms with Crippen molar-refractivity contribution in [1.82, 2.24) is 15.1 Å². The van der Waals surface area contributed by atoms with Gasteiger partial charge in [-0.25, -0.2) is 17.6 Å². The maximum atomic E-state index is 15.0. The van der Waals surface area contributed by atoms with Crippen LogP contribution in [0.2, 0.25) is 0 Å². The van der Waals surface area contributed by atoms with E-state index in [9.17, 15) is 39.6 Å². The second-order valence-corrected chi connectivity index (χ2v) is 10.6. The van der Waals surface area contributed by atoms with Gasteiger partial charge in [-0.1, -0.05) is 12.1 Å². The lowest BCUT2D eigenvalue weighted by atomic mass is 10.1. The van der Waals surface area contributed by atoms with Crippen molar-refractivity contribution in [3.8, 4) is 17.2 Å². The summed E-state index contributed by atoms with van der Waals surface area (Å²) in [7, 11) is -3.38. The molecule has 0 spiro atoms. The number of alkyl halides is 6. The average Bonchev–Trinajstić information content (AvgIpc) is 3.33. The molecule has 1 saturated heterocycles. The molecule has 3 aromatic rings. The summed E-state index contributed by atoms with van der Waals surface area (Å²) < 4.78 is 123. The summed E-state index contributed by atoms with van der Waals surface area (Å²) in [5.41, 5.74) is -0.487. The third kappa shape index (κ3) is 6.96. The Balaban J connectivity index is 1.65. The third-order valence-electron chi connectivity index (χ3n) is 5.50. The molecule has 2 heterocycles. The van der Waals surface area contributed by atoms with Crippen LogP contribution in [-0.4, -0.2) is 60.5 Å². The third-order valence-corrected chi connectivity index (χ3v) is 7.11. The molecule has 17 heteroatoms. The van der Waals surface area contributed by atoms with Crippen molar-refractivity contribution in [1.29, 1.82) is 0 Å². The van der Waals surface area contributed by atoms with Crippen LogP contribution in [0.3, 0.4) is 0 Å². The Bertz CT molecular complexity index is 1460. The summed E-state index contributed by atoms with van der Waals surface area (Å²) in [4.78, 5) is 15.4. The lowest BCUT2D eigenvalue weighted by Gasteiger charge is -2.33. The summed E-state index contributed by atoms with van der Waals surface area (Å²) in [5.74, 6) is -4.59. The fraction of sp³-hybridized carbons (Fsp3) is 0.318. The zero-order chi connectivity index (χ0) is 28.6. The maximum Gasteiger partial charge on any atom is 0.573 e. The standard InChI is InChI=1S/C22H17F7N4O5S/c23-17-10-13(18-30-31-19(37-18)21(24,25)26)4-5-14(17)12-33(20(34)32-6-8-39(35,36)9-7-32)15-2-1-3-16(11-15)38-22(27,28)29/h1-5,10-11H,6-9,12H2. The summed E-state index contributed by atoms with van der Waals surface area (Å²) in [6.45, 7) is -0.936. The number of aromatic nitrogens is 2. The number of ether oxygens (including phenoxy) is 1. The average molecular weight is 582 g/mol. The minimum absolute atomic E-state index is 0.120. The number of hydrogen-bond acceptors (Lipinski definition) is 7. The minimum Gasteiger partial charge on any atom is -0.413 e. The number of hydrogen-bond donors (Lipinski definition) is 0. The topological polar surface area (TPSA) is 106 Å². The molecule has 4 rings (SSSR count). The van der Waals surface area contributed by atoms with Crippen LogP contribution >= 0.6 is 0 Å². The molecule has 0 N–H and O–H groups in total. The number of anilines is 1. The maximum absolute atomic E-state index is 15.0. The van der Waals surface area contributed by atoms with Crippen LogP contribution in [0.1, 0.15) is 11.5 Å². The number of rotatable bonds is 5. The minimum atomic E-state index is -5.03. The summed E-state index contributed by atoms with van der Waals surface area (Å²) in [5, 5.41) is 6.11. The first kappa shape index (κ1) is 28.1. The highest BCUT2D eigenvalue weighted by molar-refractivity contribution is 7.91. The summed E-state index contributed by atoms with van der Waals surface area (Å²) in [6, 6.07) is 6.59. The Kier molecular flexibility index (Phi) is 7.46. The van der Waals surface area contributed by atoms with Crippen molar-refractivity contribution in [2.45, 2.75) is 19.1 Å². The van der Waals surface area contributed by atoms with Crippen LogP contribution in [0, 0.1) is 5.82 Å². The quantitative estimate of drug-likeness (QED) is 0.404. The first-order valence-electron chi connectivity index (χ1n) is 10.9. The van der Waals surface area contributed by atoms with E-state index in [1.54, 1.807) is 0 Å². The Morgan fingerprint density at radius 2 is 1.72 bits per heavy atom. The fourth-order valence-electron chi connectivity index (χ4n) is 3.63. The van der Waals surface area contributed by atoms with Gasteiger partial charge < -0.3 is 14.1 Å². The molecule has 2 amide bonds. The number of sulfone groups is 1. The number of urea groups is 1. The highest BCUT2D eigenvalue weighted by atomic mass is 32.2. The molecule has 39 heavy (non-hydrogen) atoms. The lowest BCUT2D eigenvalue weighted by Crippen LogP contribution is -2.49. The van der Waals surface area contributed by atoms with Gasteiger partial charge in [-0.15, -0.1) is 23.4 Å². The van der Waals surface area contributed by atoms with Gasteiger partial charge in [0.25, 0.3) is 0 Å². The van der Waals surface area contributed by atoms with Gasteiger partial charge in [-0.3, -0.25) is 4.90 Å². The summed E-state index contributed by atoms with van der Waals surface area (Å²) in [6.07, 6.45) is -9.94. The van der Waals surface area contributed by atoms with Crippen molar-refractivity contribution in [2.24, 2.45) is 0 Å². The van der Waals surface area contributed by atoms with E-state index < -0.39 is 58.3 Å². The van der Waals surface area contributed by atoms with Crippen LogP contribution in [0.5, 0.6) is 5.75 Å². The van der Waals surface area contributed by atoms with Gasteiger partial charge in [0.1, 0.15) is 11.6 Å². The molecule has 0 radical (unpaired) electrons. The van der Waals surface area contributed by atoms with Crippen LogP contribution in [0.15, 0.2) is 46.9 Å². The molecule has 0 saturated carbocycles. The molecule has 0 aliphatic carbocycles. The van der Waals surface area contributed by atoms with Gasteiger partial charge in [-0.2, -0.15) is 13.2 Å². The second-order valence-electron chi connectivity index (χ2n) is 8.27. The van der Waals surface area contributed by atoms with E-state index in [2.05, 4.69) is 19.4 Å². The largest absolute Gasteiger partial charge is 0.573 e. The van der Waals surface area contributed by atoms with E-state index in [4.69, 9.17) is 0 Å². The van der Waals surface area contributed by atoms with E-state index >= 15 is 4.39 Å². The number of benzene rings is 2. The van der Waals surface area contributed by atoms with E-state index in [0.29, 0.717) is 0 Å². The van der Waals surface area contributed by atoms with Gasteiger partial charge in [0, 0.05) is 36.0 Å². The van der Waals surface area contributed by atoms with Crippen LogP contribution < -0.4 is 9.64 Å². The fourth-order valence-corrected chi connectivity index (χ4v) is 4.83. The molecule has 1 fully saturated rings. The molecular weight excluding hydrogens is 565 g/mol. The molecule has 1 aliphatic rings. The van der Waals surface area contributed by atoms with E-state index in [0.717, 1.165) is 40.1 Å². The monoisotopic (exact) mass is 582 g/mol. The predicted molar refractivity (Wildman–Crippen MR) is 120 cm³/mol. The molecule has 1 aromatic heterocycles. The number of halogens is 7. The molecular formula is C22H17F7N4O5S. The van der Waals surface area contributed by atoms with Crippen LogP contribution in [0.4, 0.5) is 41.2 Å². The number of carbonyl (C=O) groups is 1. The lowest BCUT2D eigenvalue weighted by molar-refractivity contribution is -0.274. The first-order chi connectivity index (χ1) is 18.1. The Morgan fingerprint density at radius 3 is 2.31 bits per heavy atom. The van der Waals surface area contributed by atoms with Gasteiger partial charge in [0.2, 0.25) is 5.89 Å². The number of carbonyl (C=O) groups excluding carboxylic acids is 1. The van der Waals surface area contributed by atoms with Crippen LogP contribution in [-0.2, 0) is 22.6 Å².